The Morgan fingerprint density at radius 3 is 2.56 bits per heavy atom. The van der Waals surface area contributed by atoms with Gasteiger partial charge in [0.15, 0.2) is 0 Å². The number of halogens is 3. The van der Waals surface area contributed by atoms with Crippen LogP contribution in [0.15, 0.2) is 24.3 Å². The van der Waals surface area contributed by atoms with Crippen LogP contribution in [0.2, 0.25) is 10.6 Å². The van der Waals surface area contributed by atoms with Crippen molar-refractivity contribution in [2.75, 3.05) is 5.32 Å². The van der Waals surface area contributed by atoms with E-state index in [1.807, 2.05) is 0 Å². The summed E-state index contributed by atoms with van der Waals surface area (Å²) in [6.45, 7) is -0.129. The van der Waals surface area contributed by atoms with Gasteiger partial charge in [-0.05, 0) is 47.5 Å². The lowest BCUT2D eigenvalue weighted by molar-refractivity contribution is -0.116. The lowest BCUT2D eigenvalue weighted by Crippen LogP contribution is -2.19. The highest BCUT2D eigenvalue weighted by Crippen LogP contribution is 2.11. The molecule has 2 rings (SSSR count). The van der Waals surface area contributed by atoms with Gasteiger partial charge in [0, 0.05) is 5.69 Å². The molecule has 8 heteroatoms. The van der Waals surface area contributed by atoms with E-state index in [9.17, 15) is 9.18 Å². The smallest absolute Gasteiger partial charge is 0.246 e. The van der Waals surface area contributed by atoms with Crippen LogP contribution in [0.3, 0.4) is 0 Å². The molecule has 0 aliphatic heterocycles. The van der Waals surface area contributed by atoms with Gasteiger partial charge in [0.1, 0.15) is 12.4 Å². The first-order chi connectivity index (χ1) is 8.54. The summed E-state index contributed by atoms with van der Waals surface area (Å²) in [7, 11) is 0. The van der Waals surface area contributed by atoms with E-state index in [2.05, 4.69) is 15.4 Å². The minimum Gasteiger partial charge on any atom is -0.324 e. The molecule has 1 N–H and O–H groups in total. The van der Waals surface area contributed by atoms with Crippen molar-refractivity contribution >= 4 is 34.8 Å². The third kappa shape index (κ3) is 3.18. The summed E-state index contributed by atoms with van der Waals surface area (Å²) in [5, 5.41) is 6.27. The van der Waals surface area contributed by atoms with Crippen molar-refractivity contribution < 1.29 is 9.18 Å². The molecule has 0 spiro atoms. The number of nitrogens with one attached hydrogen (secondary N) is 1. The van der Waals surface area contributed by atoms with Crippen LogP contribution in [0, 0.1) is 5.82 Å². The Balaban J connectivity index is 2.01. The molecule has 0 unspecified atom stereocenters. The molecule has 1 heterocycles. The second kappa shape index (κ2) is 5.32. The molecule has 0 bridgehead atoms. The molecule has 0 atom stereocenters. The lowest BCUT2D eigenvalue weighted by Gasteiger charge is -2.05. The lowest BCUT2D eigenvalue weighted by atomic mass is 10.3. The molecule has 1 amide bonds. The molecule has 18 heavy (non-hydrogen) atoms. The summed E-state index contributed by atoms with van der Waals surface area (Å²) >= 11 is 11.2. The Kier molecular flexibility index (Phi) is 3.78. The molecule has 0 radical (unpaired) electrons. The number of hydrogen-bond donors (Lipinski definition) is 1. The van der Waals surface area contributed by atoms with E-state index < -0.39 is 0 Å². The van der Waals surface area contributed by atoms with Crippen molar-refractivity contribution in [3.63, 3.8) is 0 Å². The number of nitrogens with zero attached hydrogens (tertiary/aromatic N) is 3. The Morgan fingerprint density at radius 1 is 1.33 bits per heavy atom. The highest BCUT2D eigenvalue weighted by Gasteiger charge is 2.10. The summed E-state index contributed by atoms with van der Waals surface area (Å²) < 4.78 is 13.8. The Labute approximate surface area is 112 Å². The maximum absolute atomic E-state index is 12.7. The molecule has 1 aromatic heterocycles. The van der Waals surface area contributed by atoms with Gasteiger partial charge in [0.2, 0.25) is 16.5 Å². The number of carbonyl (C=O) groups excluding carboxylic acids is 1. The fraction of sp³-hybridized carbons (Fsp3) is 0.100. The molecular formula is C10H7Cl2FN4O. The van der Waals surface area contributed by atoms with Crippen molar-refractivity contribution in [1.82, 2.24) is 14.8 Å². The van der Waals surface area contributed by atoms with E-state index in [0.29, 0.717) is 5.69 Å². The van der Waals surface area contributed by atoms with Gasteiger partial charge in [-0.2, -0.15) is 4.98 Å². The number of hydrogen-bond acceptors (Lipinski definition) is 3. The van der Waals surface area contributed by atoms with Crippen molar-refractivity contribution in [1.29, 1.82) is 0 Å². The van der Waals surface area contributed by atoms with Gasteiger partial charge in [-0.3, -0.25) is 4.79 Å². The SMILES string of the molecule is O=C(Cn1nc(Cl)nc1Cl)Nc1ccc(F)cc1. The number of anilines is 1. The summed E-state index contributed by atoms with van der Waals surface area (Å²) in [6, 6.07) is 5.39. The van der Waals surface area contributed by atoms with Crippen LogP contribution in [0.5, 0.6) is 0 Å². The van der Waals surface area contributed by atoms with Crippen molar-refractivity contribution in [3.05, 3.63) is 40.6 Å². The normalized spacial score (nSPS) is 10.4. The molecule has 0 aliphatic carbocycles. The molecule has 5 nitrogen and oxygen atoms in total. The molecule has 1 aromatic carbocycles. The van der Waals surface area contributed by atoms with Crippen LogP contribution >= 0.6 is 23.2 Å². The van der Waals surface area contributed by atoms with E-state index >= 15 is 0 Å². The molecule has 0 fully saturated rings. The molecule has 0 saturated carbocycles. The number of benzene rings is 1. The predicted octanol–water partition coefficient (Wildman–Crippen LogP) is 2.36. The third-order valence-corrected chi connectivity index (χ3v) is 2.46. The van der Waals surface area contributed by atoms with Crippen LogP contribution in [-0.2, 0) is 11.3 Å². The Bertz CT molecular complexity index is 570. The third-order valence-electron chi connectivity index (χ3n) is 2.02. The molecular weight excluding hydrogens is 282 g/mol. The summed E-state index contributed by atoms with van der Waals surface area (Å²) in [4.78, 5) is 15.3. The van der Waals surface area contributed by atoms with Crippen LogP contribution < -0.4 is 5.32 Å². The average molecular weight is 289 g/mol. The monoisotopic (exact) mass is 288 g/mol. The molecule has 0 aliphatic rings. The maximum Gasteiger partial charge on any atom is 0.246 e. The zero-order valence-electron chi connectivity index (χ0n) is 8.90. The van der Waals surface area contributed by atoms with Crippen molar-refractivity contribution in [2.24, 2.45) is 0 Å². The number of amides is 1. The summed E-state index contributed by atoms with van der Waals surface area (Å²) in [5.41, 5.74) is 0.476. The molecule has 2 aromatic rings. The van der Waals surface area contributed by atoms with Crippen molar-refractivity contribution in [2.45, 2.75) is 6.54 Å². The maximum atomic E-state index is 12.7. The first-order valence-electron chi connectivity index (χ1n) is 4.86. The zero-order valence-corrected chi connectivity index (χ0v) is 10.4. The van der Waals surface area contributed by atoms with Gasteiger partial charge in [-0.15, -0.1) is 5.10 Å². The van der Waals surface area contributed by atoms with Gasteiger partial charge in [0.05, 0.1) is 0 Å². The largest absolute Gasteiger partial charge is 0.324 e. The molecule has 94 valence electrons. The fourth-order valence-corrected chi connectivity index (χ4v) is 1.66. The van der Waals surface area contributed by atoms with Gasteiger partial charge in [-0.25, -0.2) is 9.07 Å². The van der Waals surface area contributed by atoms with Gasteiger partial charge in [0.25, 0.3) is 0 Å². The average Bonchev–Trinajstić information content (AvgIpc) is 2.61. The number of rotatable bonds is 3. The Morgan fingerprint density at radius 2 is 2.00 bits per heavy atom. The highest BCUT2D eigenvalue weighted by atomic mass is 35.5. The zero-order chi connectivity index (χ0) is 13.1. The van der Waals surface area contributed by atoms with E-state index in [1.54, 1.807) is 0 Å². The second-order valence-electron chi connectivity index (χ2n) is 3.36. The van der Waals surface area contributed by atoms with Crippen LogP contribution in [-0.4, -0.2) is 20.7 Å². The van der Waals surface area contributed by atoms with Crippen LogP contribution in [0.1, 0.15) is 0 Å². The first-order valence-corrected chi connectivity index (χ1v) is 5.61. The predicted molar refractivity (Wildman–Crippen MR) is 65.1 cm³/mol. The molecule has 0 saturated heterocycles. The van der Waals surface area contributed by atoms with E-state index in [0.717, 1.165) is 4.68 Å². The Hall–Kier alpha value is -1.66. The van der Waals surface area contributed by atoms with Gasteiger partial charge < -0.3 is 5.32 Å². The fourth-order valence-electron chi connectivity index (χ4n) is 1.27. The minimum absolute atomic E-state index is 0.0225. The first kappa shape index (κ1) is 12.8. The van der Waals surface area contributed by atoms with E-state index in [4.69, 9.17) is 23.2 Å². The van der Waals surface area contributed by atoms with Crippen molar-refractivity contribution in [3.8, 4) is 0 Å². The topological polar surface area (TPSA) is 59.8 Å². The number of carbonyl (C=O) groups is 1. The summed E-state index contributed by atoms with van der Waals surface area (Å²) in [5.74, 6) is -0.746. The van der Waals surface area contributed by atoms with E-state index in [1.165, 1.54) is 24.3 Å². The number of aromatic nitrogens is 3. The second-order valence-corrected chi connectivity index (χ2v) is 4.04. The quantitative estimate of drug-likeness (QED) is 0.943. The summed E-state index contributed by atoms with van der Waals surface area (Å²) in [6.07, 6.45) is 0. The van der Waals surface area contributed by atoms with Gasteiger partial charge >= 0.3 is 0 Å². The highest BCUT2D eigenvalue weighted by molar-refractivity contribution is 6.31. The minimum atomic E-state index is -0.376. The van der Waals surface area contributed by atoms with Crippen LogP contribution in [0.4, 0.5) is 10.1 Å². The standard InChI is InChI=1S/C10H7Cl2FN4O/c11-9-15-10(12)17(16-9)5-8(18)14-7-3-1-6(13)2-4-7/h1-4H,5H2,(H,14,18). The van der Waals surface area contributed by atoms with E-state index in [-0.39, 0.29) is 28.8 Å². The van der Waals surface area contributed by atoms with Gasteiger partial charge in [-0.1, -0.05) is 0 Å². The van der Waals surface area contributed by atoms with Crippen LogP contribution in [0.25, 0.3) is 0 Å².